The molecule has 0 aliphatic rings. The van der Waals surface area contributed by atoms with Gasteiger partial charge in [0, 0.05) is 10.0 Å². The summed E-state index contributed by atoms with van der Waals surface area (Å²) in [6.07, 6.45) is 4.08. The van der Waals surface area contributed by atoms with Crippen molar-refractivity contribution in [1.29, 1.82) is 0 Å². The first-order chi connectivity index (χ1) is 10.8. The van der Waals surface area contributed by atoms with Crippen LogP contribution in [0.25, 0.3) is 28.1 Å². The highest BCUT2D eigenvalue weighted by molar-refractivity contribution is 9.10. The fourth-order valence-corrected chi connectivity index (χ4v) is 3.15. The van der Waals surface area contributed by atoms with Gasteiger partial charge < -0.3 is 0 Å². The van der Waals surface area contributed by atoms with E-state index < -0.39 is 0 Å². The van der Waals surface area contributed by atoms with Crippen LogP contribution in [-0.4, -0.2) is 9.38 Å². The van der Waals surface area contributed by atoms with Gasteiger partial charge in [-0.05, 0) is 24.3 Å². The van der Waals surface area contributed by atoms with Crippen molar-refractivity contribution in [2.24, 2.45) is 0 Å². The molecule has 0 saturated heterocycles. The van der Waals surface area contributed by atoms with Crippen molar-refractivity contribution in [1.82, 2.24) is 9.38 Å². The Kier molecular flexibility index (Phi) is 3.12. The Balaban J connectivity index is 1.99. The third-order valence-corrected chi connectivity index (χ3v) is 4.42. The summed E-state index contributed by atoms with van der Waals surface area (Å²) in [5, 5.41) is 0. The van der Waals surface area contributed by atoms with Crippen LogP contribution in [0.15, 0.2) is 71.9 Å². The lowest BCUT2D eigenvalue weighted by Gasteiger charge is -1.96. The number of hydrogen-bond donors (Lipinski definition) is 1. The highest BCUT2D eigenvalue weighted by Crippen LogP contribution is 2.23. The minimum atomic E-state index is 0.775. The Hall–Kier alpha value is -2.33. The van der Waals surface area contributed by atoms with Gasteiger partial charge in [0.2, 0.25) is 0 Å². The molecule has 3 nitrogen and oxygen atoms in total. The number of hydrogen-bond acceptors (Lipinski definition) is 0. The molecule has 4 rings (SSSR count). The van der Waals surface area contributed by atoms with E-state index in [4.69, 9.17) is 0 Å². The van der Waals surface area contributed by atoms with Crippen molar-refractivity contribution in [2.45, 2.75) is 6.54 Å². The molecule has 0 unspecified atom stereocenters. The Labute approximate surface area is 136 Å². The molecule has 4 aromatic rings. The molecular weight excluding hydrogens is 338 g/mol. The standard InChI is InChI=1S/C18H14BrN3/c1-2-11-21-16-5-3-4-6-17(16)22-12-15(20-18(21)22)13-7-9-14(19)10-8-13/h2-10,12H,1,11H2/p+1. The fraction of sp³-hybridized carbons (Fsp3) is 0.0556. The quantitative estimate of drug-likeness (QED) is 0.419. The van der Waals surface area contributed by atoms with Crippen LogP contribution in [0, 0.1) is 0 Å². The summed E-state index contributed by atoms with van der Waals surface area (Å²) in [5.74, 6) is 1.07. The van der Waals surface area contributed by atoms with E-state index >= 15 is 0 Å². The van der Waals surface area contributed by atoms with Crippen LogP contribution >= 0.6 is 15.9 Å². The van der Waals surface area contributed by atoms with E-state index in [9.17, 15) is 0 Å². The average Bonchev–Trinajstić information content (AvgIpc) is 3.08. The van der Waals surface area contributed by atoms with Crippen molar-refractivity contribution in [3.63, 3.8) is 0 Å². The van der Waals surface area contributed by atoms with Crippen LogP contribution in [-0.2, 0) is 6.54 Å². The van der Waals surface area contributed by atoms with E-state index in [0.717, 1.165) is 22.5 Å². The van der Waals surface area contributed by atoms with Crippen LogP contribution in [0.3, 0.4) is 0 Å². The molecule has 0 aliphatic carbocycles. The normalized spacial score (nSPS) is 11.3. The van der Waals surface area contributed by atoms with Gasteiger partial charge in [0.15, 0.2) is 0 Å². The summed E-state index contributed by atoms with van der Waals surface area (Å²) in [6, 6.07) is 16.7. The van der Waals surface area contributed by atoms with E-state index in [-0.39, 0.29) is 0 Å². The molecule has 2 heterocycles. The Bertz CT molecular complexity index is 977. The molecule has 0 radical (unpaired) electrons. The lowest BCUT2D eigenvalue weighted by molar-refractivity contribution is -0.636. The van der Waals surface area contributed by atoms with Gasteiger partial charge in [-0.2, -0.15) is 4.40 Å². The molecule has 4 heteroatoms. The molecular formula is C18H15BrN3+. The van der Waals surface area contributed by atoms with Crippen LogP contribution in [0.4, 0.5) is 0 Å². The number of aromatic nitrogens is 3. The summed E-state index contributed by atoms with van der Waals surface area (Å²) < 4.78 is 5.53. The number of nitrogens with zero attached hydrogens (tertiary/aromatic N) is 2. The maximum Gasteiger partial charge on any atom is 0.368 e. The minimum absolute atomic E-state index is 0.775. The third kappa shape index (κ3) is 1.99. The Morgan fingerprint density at radius 2 is 1.91 bits per heavy atom. The van der Waals surface area contributed by atoms with Crippen LogP contribution in [0.5, 0.6) is 0 Å². The zero-order chi connectivity index (χ0) is 15.1. The van der Waals surface area contributed by atoms with Crippen molar-refractivity contribution < 1.29 is 4.57 Å². The largest absolute Gasteiger partial charge is 0.368 e. The SMILES string of the molecule is C=CC[n+]1c2ccccc2n2cc(-c3ccc(Br)cc3)[nH]c21. The highest BCUT2D eigenvalue weighted by Gasteiger charge is 2.20. The Morgan fingerprint density at radius 1 is 1.14 bits per heavy atom. The van der Waals surface area contributed by atoms with Gasteiger partial charge in [-0.15, -0.1) is 0 Å². The predicted molar refractivity (Wildman–Crippen MR) is 92.8 cm³/mol. The lowest BCUT2D eigenvalue weighted by Crippen LogP contribution is -2.32. The average molecular weight is 353 g/mol. The molecule has 108 valence electrons. The number of H-pyrrole nitrogens is 1. The van der Waals surface area contributed by atoms with Crippen LogP contribution in [0.1, 0.15) is 0 Å². The van der Waals surface area contributed by atoms with Gasteiger partial charge in [-0.3, -0.25) is 0 Å². The number of aromatic amines is 1. The first-order valence-electron chi connectivity index (χ1n) is 7.16. The van der Waals surface area contributed by atoms with Crippen molar-refractivity contribution >= 4 is 32.7 Å². The monoisotopic (exact) mass is 352 g/mol. The number of nitrogens with one attached hydrogen (secondary N) is 1. The van der Waals surface area contributed by atoms with Crippen LogP contribution in [0.2, 0.25) is 0 Å². The smallest absolute Gasteiger partial charge is 0.241 e. The topological polar surface area (TPSA) is 24.1 Å². The third-order valence-electron chi connectivity index (χ3n) is 3.89. The number of rotatable bonds is 3. The highest BCUT2D eigenvalue weighted by atomic mass is 79.9. The van der Waals surface area contributed by atoms with E-state index in [0.29, 0.717) is 0 Å². The molecule has 1 N–H and O–H groups in total. The number of benzene rings is 2. The molecule has 0 bridgehead atoms. The summed E-state index contributed by atoms with van der Waals surface area (Å²) in [5.41, 5.74) is 4.67. The van der Waals surface area contributed by atoms with Gasteiger partial charge in [0.25, 0.3) is 0 Å². The first-order valence-corrected chi connectivity index (χ1v) is 7.95. The number of fused-ring (bicyclic) bond motifs is 3. The summed E-state index contributed by atoms with van der Waals surface area (Å²) in [4.78, 5) is 3.54. The molecule has 2 aromatic carbocycles. The first kappa shape index (κ1) is 13.3. The fourth-order valence-electron chi connectivity index (χ4n) is 2.88. The molecule has 0 fully saturated rings. The predicted octanol–water partition coefficient (Wildman–Crippen LogP) is 4.32. The van der Waals surface area contributed by atoms with Crippen molar-refractivity contribution in [2.75, 3.05) is 0 Å². The second-order valence-electron chi connectivity index (χ2n) is 5.26. The summed E-state index contributed by atoms with van der Waals surface area (Å²) in [7, 11) is 0. The van der Waals surface area contributed by atoms with E-state index in [1.54, 1.807) is 0 Å². The maximum absolute atomic E-state index is 3.87. The molecule has 0 spiro atoms. The second-order valence-corrected chi connectivity index (χ2v) is 6.17. The number of allylic oxidation sites excluding steroid dienone is 1. The second kappa shape index (κ2) is 5.14. The van der Waals surface area contributed by atoms with Crippen LogP contribution < -0.4 is 4.57 Å². The molecule has 0 atom stereocenters. The van der Waals surface area contributed by atoms with E-state index in [1.807, 2.05) is 6.08 Å². The van der Waals surface area contributed by atoms with Gasteiger partial charge in [-0.25, -0.2) is 9.55 Å². The summed E-state index contributed by atoms with van der Waals surface area (Å²) in [6.45, 7) is 4.65. The molecule has 0 aliphatic heterocycles. The zero-order valence-corrected chi connectivity index (χ0v) is 13.5. The van der Waals surface area contributed by atoms with Gasteiger partial charge in [0.1, 0.15) is 22.9 Å². The summed E-state index contributed by atoms with van der Waals surface area (Å²) >= 11 is 3.48. The molecule has 0 amide bonds. The van der Waals surface area contributed by atoms with E-state index in [2.05, 4.69) is 91.2 Å². The number of imidazole rings is 2. The van der Waals surface area contributed by atoms with Crippen molar-refractivity contribution in [3.05, 3.63) is 71.9 Å². The van der Waals surface area contributed by atoms with Gasteiger partial charge in [0.05, 0.1) is 6.54 Å². The lowest BCUT2D eigenvalue weighted by atomic mass is 10.2. The molecule has 2 aromatic heterocycles. The van der Waals surface area contributed by atoms with Gasteiger partial charge >= 0.3 is 5.78 Å². The number of halogens is 1. The van der Waals surface area contributed by atoms with E-state index in [1.165, 1.54) is 16.6 Å². The van der Waals surface area contributed by atoms with Crippen molar-refractivity contribution in [3.8, 4) is 11.3 Å². The zero-order valence-electron chi connectivity index (χ0n) is 12.0. The molecule has 22 heavy (non-hydrogen) atoms. The van der Waals surface area contributed by atoms with Gasteiger partial charge in [-0.1, -0.05) is 52.9 Å². The Morgan fingerprint density at radius 3 is 2.68 bits per heavy atom. The molecule has 0 saturated carbocycles. The minimum Gasteiger partial charge on any atom is -0.241 e. The maximum atomic E-state index is 3.87. The number of para-hydroxylation sites is 2.